The number of hydrogen-bond acceptors (Lipinski definition) is 11. The molecule has 6 rings (SSSR count). The number of aliphatic carboxylic acids is 1. The van der Waals surface area contributed by atoms with Gasteiger partial charge in [0.1, 0.15) is 48.6 Å². The van der Waals surface area contributed by atoms with Gasteiger partial charge in [-0.2, -0.15) is 0 Å². The van der Waals surface area contributed by atoms with Crippen molar-refractivity contribution < 1.29 is 53.0 Å². The predicted octanol–water partition coefficient (Wildman–Crippen LogP) is 4.47. The highest BCUT2D eigenvalue weighted by atomic mass is 32.2. The Morgan fingerprint density at radius 3 is 1.97 bits per heavy atom. The summed E-state index contributed by atoms with van der Waals surface area (Å²) < 4.78 is 5.85. The Bertz CT molecular complexity index is 2700. The largest absolute Gasteiger partial charge is 0.480 e. The van der Waals surface area contributed by atoms with Gasteiger partial charge in [0, 0.05) is 35.4 Å². The van der Waals surface area contributed by atoms with Crippen LogP contribution in [0.5, 0.6) is 0 Å². The first-order chi connectivity index (χ1) is 35.3. The van der Waals surface area contributed by atoms with Crippen LogP contribution in [0, 0.1) is 17.8 Å². The van der Waals surface area contributed by atoms with E-state index in [1.165, 1.54) is 6.92 Å². The van der Waals surface area contributed by atoms with Crippen molar-refractivity contribution in [1.82, 2.24) is 42.2 Å². The van der Waals surface area contributed by atoms with Crippen molar-refractivity contribution in [3.8, 4) is 11.1 Å². The van der Waals surface area contributed by atoms with E-state index in [1.54, 1.807) is 52.0 Å². The number of carbonyl (C=O) groups is 9. The van der Waals surface area contributed by atoms with E-state index in [0.29, 0.717) is 40.8 Å². The van der Waals surface area contributed by atoms with E-state index in [-0.39, 0.29) is 24.7 Å². The van der Waals surface area contributed by atoms with E-state index in [0.717, 1.165) is 34.0 Å². The molecular formula is C54H68N8O11S. The smallest absolute Gasteiger partial charge is 0.407 e. The van der Waals surface area contributed by atoms with Crippen LogP contribution in [0.1, 0.15) is 96.8 Å². The van der Waals surface area contributed by atoms with Crippen LogP contribution < -0.4 is 37.2 Å². The fourth-order valence-corrected chi connectivity index (χ4v) is 10.3. The molecule has 0 saturated heterocycles. The molecule has 20 heteroatoms. The molecule has 7 amide bonds. The summed E-state index contributed by atoms with van der Waals surface area (Å²) in [6.07, 6.45) is -0.276. The molecule has 74 heavy (non-hydrogen) atoms. The van der Waals surface area contributed by atoms with E-state index >= 15 is 0 Å². The third kappa shape index (κ3) is 13.7. The lowest BCUT2D eigenvalue weighted by molar-refractivity contribution is -0.143. The van der Waals surface area contributed by atoms with Gasteiger partial charge >= 0.3 is 12.1 Å². The number of alkyl carbamates (subject to hydrolysis) is 1. The number of carboxylic acid groups (broad SMARTS) is 1. The molecule has 9 N–H and O–H groups in total. The molecule has 19 nitrogen and oxygen atoms in total. The molecule has 9 atom stereocenters. The number of amides is 7. The average Bonchev–Trinajstić information content (AvgIpc) is 3.90. The number of H-pyrrole nitrogens is 1. The third-order valence-corrected chi connectivity index (χ3v) is 15.2. The highest BCUT2D eigenvalue weighted by molar-refractivity contribution is 7.99. The summed E-state index contributed by atoms with van der Waals surface area (Å²) in [5.74, 6) is -8.43. The molecule has 0 unspecified atom stereocenters. The number of benzene rings is 3. The van der Waals surface area contributed by atoms with E-state index in [9.17, 15) is 48.3 Å². The Morgan fingerprint density at radius 2 is 1.36 bits per heavy atom. The molecule has 1 aromatic heterocycles. The summed E-state index contributed by atoms with van der Waals surface area (Å²) in [4.78, 5) is 127. The number of ketones is 1. The van der Waals surface area contributed by atoms with Gasteiger partial charge in [-0.3, -0.25) is 33.6 Å². The van der Waals surface area contributed by atoms with Gasteiger partial charge in [0.15, 0.2) is 0 Å². The first-order valence-electron chi connectivity index (χ1n) is 25.2. The molecule has 4 aromatic rings. The number of rotatable bonds is 16. The molecular weight excluding hydrogens is 969 g/mol. The number of carboxylic acids is 1. The number of aromatic amines is 1. The van der Waals surface area contributed by atoms with Gasteiger partial charge in [0.25, 0.3) is 0 Å². The number of ether oxygens (including phenoxy) is 1. The minimum atomic E-state index is -1.62. The number of Topliss-reactive ketones (excluding diaryl/α,β-unsaturated/α-hetero) is 1. The van der Waals surface area contributed by atoms with Crippen LogP contribution in [-0.4, -0.2) is 119 Å². The minimum Gasteiger partial charge on any atom is -0.480 e. The van der Waals surface area contributed by atoms with Gasteiger partial charge in [-0.15, -0.1) is 11.8 Å². The van der Waals surface area contributed by atoms with Crippen LogP contribution in [-0.2, 0) is 49.5 Å². The number of fused-ring (bicyclic) bond motifs is 6. The minimum absolute atomic E-state index is 0.00926. The Kier molecular flexibility index (Phi) is 19.4. The molecule has 0 radical (unpaired) electrons. The highest BCUT2D eigenvalue weighted by Gasteiger charge is 2.37. The van der Waals surface area contributed by atoms with Crippen molar-refractivity contribution in [3.05, 3.63) is 89.5 Å². The summed E-state index contributed by atoms with van der Waals surface area (Å²) in [5, 5.41) is 29.8. The van der Waals surface area contributed by atoms with E-state index < -0.39 is 120 Å². The molecule has 0 bridgehead atoms. The maximum atomic E-state index is 14.9. The lowest BCUT2D eigenvalue weighted by Gasteiger charge is -2.29. The van der Waals surface area contributed by atoms with Crippen LogP contribution in [0.15, 0.2) is 77.8 Å². The summed E-state index contributed by atoms with van der Waals surface area (Å²) in [5.41, 5.74) is 5.23. The normalized spacial score (nSPS) is 20.7. The van der Waals surface area contributed by atoms with Crippen molar-refractivity contribution in [3.63, 3.8) is 0 Å². The number of thioether (sulfide) groups is 1. The maximum absolute atomic E-state index is 14.9. The first kappa shape index (κ1) is 56.1. The predicted molar refractivity (Wildman–Crippen MR) is 279 cm³/mol. The third-order valence-electron chi connectivity index (χ3n) is 14.1. The molecule has 0 spiro atoms. The van der Waals surface area contributed by atoms with Crippen LogP contribution in [0.25, 0.3) is 22.0 Å². The second kappa shape index (κ2) is 25.6. The summed E-state index contributed by atoms with van der Waals surface area (Å²) in [6, 6.07) is 14.9. The van der Waals surface area contributed by atoms with Crippen LogP contribution in [0.3, 0.4) is 0 Å². The zero-order valence-corrected chi connectivity index (χ0v) is 43.6. The van der Waals surface area contributed by atoms with Gasteiger partial charge in [0.05, 0.1) is 11.6 Å². The first-order valence-corrected chi connectivity index (χ1v) is 26.2. The second-order valence-electron chi connectivity index (χ2n) is 19.3. The topological polar surface area (TPSA) is 283 Å². The molecule has 0 fully saturated rings. The van der Waals surface area contributed by atoms with Crippen LogP contribution >= 0.6 is 11.8 Å². The highest BCUT2D eigenvalue weighted by Crippen LogP contribution is 2.44. The molecule has 1 aliphatic carbocycles. The molecule has 3 aromatic carbocycles. The monoisotopic (exact) mass is 1040 g/mol. The lowest BCUT2D eigenvalue weighted by Crippen LogP contribution is -2.60. The average molecular weight is 1040 g/mol. The Hall–Kier alpha value is -7.22. The van der Waals surface area contributed by atoms with Crippen molar-refractivity contribution in [2.24, 2.45) is 17.8 Å². The number of hydrogen-bond donors (Lipinski definition) is 9. The van der Waals surface area contributed by atoms with Crippen molar-refractivity contribution >= 4 is 76.0 Å². The van der Waals surface area contributed by atoms with E-state index in [4.69, 9.17) is 4.74 Å². The van der Waals surface area contributed by atoms with Crippen LogP contribution in [0.2, 0.25) is 0 Å². The molecule has 1 aliphatic heterocycles. The molecule has 396 valence electrons. The molecule has 0 saturated carbocycles. The Labute approximate surface area is 434 Å². The number of carbonyl (C=O) groups excluding carboxylic acids is 8. The number of para-hydroxylation sites is 1. The fraction of sp³-hybridized carbons (Fsp3) is 0.463. The standard InChI is InChI=1S/C54H68N8O11S/c1-8-28(4)44-49(67)55-25-43(64)60-45(29(5)9-2)50(68)58-42(48(66)57-41(53(70)71)23-31(7)63)27-74-52-37(36-21-15-16-22-39(36)59-52)24-40(47(65)61-44)56-51(69)46(30(6)10-3)62-54(72)73-26-38-34-19-13-11-17-32(34)33-18-12-14-20-35(33)38/h11-22,28-30,38,40-42,44-46,59H,8-10,23-27H2,1-7H3,(H,55,67)(H,56,69)(H,57,66)(H,58,68)(H,60,64)(H,61,65)(H,62,72)(H,70,71)/t28-,29-,30-,40-,41-,42-,44-,45-,46-/m0/s1. The Balaban J connectivity index is 1.35. The quantitative estimate of drug-likeness (QED) is 0.0752. The number of nitrogens with one attached hydrogen (secondary N) is 8. The van der Waals surface area contributed by atoms with E-state index in [1.807, 2.05) is 62.4 Å². The SMILES string of the molecule is CC[C@H](C)[C@@H]1NC(=O)CNC(=O)[C@H]([C@@H](C)CC)NC(=O)[C@@H](NC(=O)[C@@H](NC(=O)OCC2c3ccccc3-c3ccccc32)[C@@H](C)CC)Cc2c([nH]c3ccccc23)SC[C@@H](C(=O)N[C@@H](CC(C)=O)C(=O)O)NC1=O. The van der Waals surface area contributed by atoms with Gasteiger partial charge in [-0.1, -0.05) is 128 Å². The molecule has 2 aliphatic rings. The second-order valence-corrected chi connectivity index (χ2v) is 20.3. The Morgan fingerprint density at radius 1 is 0.757 bits per heavy atom. The van der Waals surface area contributed by atoms with Gasteiger partial charge < -0.3 is 52.0 Å². The maximum Gasteiger partial charge on any atom is 0.407 e. The zero-order valence-electron chi connectivity index (χ0n) is 42.8. The van der Waals surface area contributed by atoms with Crippen molar-refractivity contribution in [2.45, 2.75) is 128 Å². The summed E-state index contributed by atoms with van der Waals surface area (Å²) in [6.45, 7) is 11.3. The lowest BCUT2D eigenvalue weighted by atomic mass is 9.96. The number of aromatic nitrogens is 1. The van der Waals surface area contributed by atoms with Crippen molar-refractivity contribution in [2.75, 3.05) is 18.9 Å². The zero-order chi connectivity index (χ0) is 53.8. The summed E-state index contributed by atoms with van der Waals surface area (Å²) >= 11 is 1.07. The van der Waals surface area contributed by atoms with Gasteiger partial charge in [0.2, 0.25) is 35.4 Å². The fourth-order valence-electron chi connectivity index (χ4n) is 9.18. The van der Waals surface area contributed by atoms with Crippen molar-refractivity contribution in [1.29, 1.82) is 0 Å². The van der Waals surface area contributed by atoms with Gasteiger partial charge in [-0.25, -0.2) is 9.59 Å². The summed E-state index contributed by atoms with van der Waals surface area (Å²) in [7, 11) is 0. The van der Waals surface area contributed by atoms with Crippen LogP contribution in [0.4, 0.5) is 4.79 Å². The van der Waals surface area contributed by atoms with Gasteiger partial charge in [-0.05, 0) is 58.6 Å². The van der Waals surface area contributed by atoms with E-state index in [2.05, 4.69) is 42.2 Å². The molecule has 2 heterocycles.